The number of nitrogens with zero attached hydrogens (tertiary/aromatic N) is 2. The van der Waals surface area contributed by atoms with Crippen LogP contribution in [0.2, 0.25) is 0 Å². The van der Waals surface area contributed by atoms with Crippen LogP contribution in [-0.4, -0.2) is 41.9 Å². The number of amides is 1. The van der Waals surface area contributed by atoms with Crippen LogP contribution in [0.3, 0.4) is 0 Å². The summed E-state index contributed by atoms with van der Waals surface area (Å²) in [6.07, 6.45) is 4.17. The minimum absolute atomic E-state index is 0.387. The van der Waals surface area contributed by atoms with E-state index >= 15 is 0 Å². The molecular weight excluding hydrogens is 272 g/mol. The van der Waals surface area contributed by atoms with Crippen LogP contribution in [0.1, 0.15) is 38.2 Å². The summed E-state index contributed by atoms with van der Waals surface area (Å²) < 4.78 is 0. The molecule has 2 heterocycles. The third-order valence-corrected chi connectivity index (χ3v) is 5.16. The first-order valence-electron chi connectivity index (χ1n) is 8.80. The molecule has 0 bridgehead atoms. The second kappa shape index (κ2) is 7.28. The van der Waals surface area contributed by atoms with Crippen LogP contribution in [0.4, 0.5) is 0 Å². The van der Waals surface area contributed by atoms with E-state index in [0.717, 1.165) is 45.6 Å². The summed E-state index contributed by atoms with van der Waals surface area (Å²) in [5.41, 5.74) is 1.40. The first-order valence-corrected chi connectivity index (χ1v) is 8.80. The highest BCUT2D eigenvalue weighted by molar-refractivity contribution is 5.76. The Labute approximate surface area is 134 Å². The Morgan fingerprint density at radius 1 is 1.05 bits per heavy atom. The Morgan fingerprint density at radius 2 is 1.73 bits per heavy atom. The lowest BCUT2D eigenvalue weighted by Gasteiger charge is -2.21. The standard InChI is InChI=1S/C19H28N2O/c1-2-3-5-10-19(22)21-14-17-12-20(13-18(17)15-21)11-16-8-6-4-7-9-16/h4,6-9,17-18H,2-3,5,10-15H2,1H3/t17-,18+. The number of fused-ring (bicyclic) bond motifs is 1. The molecule has 1 amide bonds. The van der Waals surface area contributed by atoms with E-state index in [1.165, 1.54) is 18.4 Å². The van der Waals surface area contributed by atoms with E-state index in [9.17, 15) is 4.79 Å². The molecular formula is C19H28N2O. The van der Waals surface area contributed by atoms with Gasteiger partial charge in [0, 0.05) is 39.1 Å². The van der Waals surface area contributed by atoms with Crippen molar-refractivity contribution >= 4 is 5.91 Å². The molecule has 2 aliphatic heterocycles. The number of likely N-dealkylation sites (tertiary alicyclic amines) is 2. The Morgan fingerprint density at radius 3 is 2.36 bits per heavy atom. The van der Waals surface area contributed by atoms with E-state index in [2.05, 4.69) is 47.1 Å². The van der Waals surface area contributed by atoms with Gasteiger partial charge in [0.05, 0.1) is 0 Å². The van der Waals surface area contributed by atoms with Gasteiger partial charge in [0.2, 0.25) is 5.91 Å². The first-order chi connectivity index (χ1) is 10.8. The summed E-state index contributed by atoms with van der Waals surface area (Å²) in [5.74, 6) is 1.77. The van der Waals surface area contributed by atoms with E-state index in [0.29, 0.717) is 17.7 Å². The molecule has 0 aromatic heterocycles. The van der Waals surface area contributed by atoms with Gasteiger partial charge >= 0.3 is 0 Å². The number of rotatable bonds is 6. The third-order valence-electron chi connectivity index (χ3n) is 5.16. The molecule has 3 rings (SSSR count). The van der Waals surface area contributed by atoms with Crippen LogP contribution in [0.25, 0.3) is 0 Å². The van der Waals surface area contributed by atoms with Crippen LogP contribution >= 0.6 is 0 Å². The van der Waals surface area contributed by atoms with Crippen LogP contribution in [0, 0.1) is 11.8 Å². The summed E-state index contributed by atoms with van der Waals surface area (Å²) >= 11 is 0. The second-order valence-corrected chi connectivity index (χ2v) is 6.96. The molecule has 1 aromatic rings. The number of unbranched alkanes of at least 4 members (excludes halogenated alkanes) is 2. The van der Waals surface area contributed by atoms with Crippen LogP contribution in [-0.2, 0) is 11.3 Å². The molecule has 2 aliphatic rings. The zero-order valence-corrected chi connectivity index (χ0v) is 13.7. The molecule has 3 heteroatoms. The minimum atomic E-state index is 0.387. The fourth-order valence-corrected chi connectivity index (χ4v) is 3.95. The van der Waals surface area contributed by atoms with Crippen molar-refractivity contribution in [2.75, 3.05) is 26.2 Å². The quantitative estimate of drug-likeness (QED) is 0.754. The van der Waals surface area contributed by atoms with Gasteiger partial charge in [-0.3, -0.25) is 9.69 Å². The predicted molar refractivity (Wildman–Crippen MR) is 89.4 cm³/mol. The van der Waals surface area contributed by atoms with E-state index in [4.69, 9.17) is 0 Å². The Kier molecular flexibility index (Phi) is 5.14. The second-order valence-electron chi connectivity index (χ2n) is 6.96. The topological polar surface area (TPSA) is 23.6 Å². The number of benzene rings is 1. The molecule has 22 heavy (non-hydrogen) atoms. The molecule has 0 radical (unpaired) electrons. The number of carbonyl (C=O) groups is 1. The highest BCUT2D eigenvalue weighted by Gasteiger charge is 2.41. The summed E-state index contributed by atoms with van der Waals surface area (Å²) in [4.78, 5) is 16.9. The lowest BCUT2D eigenvalue weighted by molar-refractivity contribution is -0.130. The zero-order chi connectivity index (χ0) is 15.4. The zero-order valence-electron chi connectivity index (χ0n) is 13.7. The lowest BCUT2D eigenvalue weighted by atomic mass is 10.0. The molecule has 2 atom stereocenters. The van der Waals surface area contributed by atoms with Crippen LogP contribution < -0.4 is 0 Å². The molecule has 1 aromatic carbocycles. The summed E-state index contributed by atoms with van der Waals surface area (Å²) in [6, 6.07) is 10.7. The van der Waals surface area contributed by atoms with Gasteiger partial charge in [-0.2, -0.15) is 0 Å². The maximum atomic E-state index is 12.2. The van der Waals surface area contributed by atoms with Gasteiger partial charge in [0.25, 0.3) is 0 Å². The van der Waals surface area contributed by atoms with Crippen molar-refractivity contribution in [2.45, 2.75) is 39.2 Å². The van der Waals surface area contributed by atoms with Crippen LogP contribution in [0.15, 0.2) is 30.3 Å². The third kappa shape index (κ3) is 3.70. The summed E-state index contributed by atoms with van der Waals surface area (Å²) in [6.45, 7) is 7.52. The fraction of sp³-hybridized carbons (Fsp3) is 0.632. The fourth-order valence-electron chi connectivity index (χ4n) is 3.95. The maximum Gasteiger partial charge on any atom is 0.222 e. The van der Waals surface area contributed by atoms with Crippen molar-refractivity contribution in [3.63, 3.8) is 0 Å². The lowest BCUT2D eigenvalue weighted by Crippen LogP contribution is -2.33. The number of carbonyl (C=O) groups excluding carboxylic acids is 1. The summed E-state index contributed by atoms with van der Waals surface area (Å²) in [5, 5.41) is 0. The van der Waals surface area contributed by atoms with E-state index in [1.54, 1.807) is 0 Å². The van der Waals surface area contributed by atoms with Gasteiger partial charge < -0.3 is 4.90 Å². The Bertz CT molecular complexity index is 473. The highest BCUT2D eigenvalue weighted by atomic mass is 16.2. The molecule has 2 fully saturated rings. The maximum absolute atomic E-state index is 12.2. The van der Waals surface area contributed by atoms with E-state index in [1.807, 2.05) is 0 Å². The van der Waals surface area contributed by atoms with E-state index < -0.39 is 0 Å². The van der Waals surface area contributed by atoms with Crippen molar-refractivity contribution in [1.29, 1.82) is 0 Å². The normalized spacial score (nSPS) is 24.7. The molecule has 0 aliphatic carbocycles. The van der Waals surface area contributed by atoms with Gasteiger partial charge in [0.1, 0.15) is 0 Å². The molecule has 120 valence electrons. The minimum Gasteiger partial charge on any atom is -0.342 e. The van der Waals surface area contributed by atoms with Crippen molar-refractivity contribution in [3.05, 3.63) is 35.9 Å². The number of hydrogen-bond donors (Lipinski definition) is 0. The smallest absolute Gasteiger partial charge is 0.222 e. The predicted octanol–water partition coefficient (Wildman–Crippen LogP) is 3.16. The van der Waals surface area contributed by atoms with Gasteiger partial charge in [-0.25, -0.2) is 0 Å². The van der Waals surface area contributed by atoms with Gasteiger partial charge in [-0.05, 0) is 23.8 Å². The molecule has 0 saturated carbocycles. The average Bonchev–Trinajstić information content (AvgIpc) is 3.07. The average molecular weight is 300 g/mol. The molecule has 0 N–H and O–H groups in total. The first kappa shape index (κ1) is 15.5. The van der Waals surface area contributed by atoms with E-state index in [-0.39, 0.29) is 0 Å². The number of hydrogen-bond acceptors (Lipinski definition) is 2. The summed E-state index contributed by atoms with van der Waals surface area (Å²) in [7, 11) is 0. The van der Waals surface area contributed by atoms with Crippen LogP contribution in [0.5, 0.6) is 0 Å². The SMILES string of the molecule is CCCCCC(=O)N1C[C@H]2CN(Cc3ccccc3)C[C@H]2C1. The monoisotopic (exact) mass is 300 g/mol. The van der Waals surface area contributed by atoms with Gasteiger partial charge in [0.15, 0.2) is 0 Å². The molecule has 0 spiro atoms. The Hall–Kier alpha value is -1.35. The molecule has 2 saturated heterocycles. The largest absolute Gasteiger partial charge is 0.342 e. The van der Waals surface area contributed by atoms with Crippen molar-refractivity contribution in [2.24, 2.45) is 11.8 Å². The highest BCUT2D eigenvalue weighted by Crippen LogP contribution is 2.32. The van der Waals surface area contributed by atoms with Crippen molar-refractivity contribution in [3.8, 4) is 0 Å². The van der Waals surface area contributed by atoms with Crippen molar-refractivity contribution in [1.82, 2.24) is 9.80 Å². The van der Waals surface area contributed by atoms with Crippen molar-refractivity contribution < 1.29 is 4.79 Å². The molecule has 0 unspecified atom stereocenters. The Balaban J connectivity index is 1.45. The molecule has 3 nitrogen and oxygen atoms in total. The van der Waals surface area contributed by atoms with Gasteiger partial charge in [-0.1, -0.05) is 50.1 Å². The van der Waals surface area contributed by atoms with Gasteiger partial charge in [-0.15, -0.1) is 0 Å².